The van der Waals surface area contributed by atoms with Crippen molar-refractivity contribution in [3.05, 3.63) is 60.7 Å². The molecule has 4 aromatic heterocycles. The van der Waals surface area contributed by atoms with Crippen molar-refractivity contribution in [2.45, 2.75) is 13.5 Å². The van der Waals surface area contributed by atoms with Crippen molar-refractivity contribution in [3.8, 4) is 11.4 Å². The van der Waals surface area contributed by atoms with Crippen LogP contribution in [0.3, 0.4) is 0 Å². The Labute approximate surface area is 127 Å². The highest BCUT2D eigenvalue weighted by Crippen LogP contribution is 2.25. The number of fused-ring (bicyclic) bond motifs is 1. The Bertz CT molecular complexity index is 943. The van der Waals surface area contributed by atoms with Gasteiger partial charge in [-0.1, -0.05) is 6.07 Å². The van der Waals surface area contributed by atoms with Crippen LogP contribution in [0.1, 0.15) is 11.4 Å². The van der Waals surface area contributed by atoms with Gasteiger partial charge in [-0.2, -0.15) is 5.10 Å². The van der Waals surface area contributed by atoms with E-state index >= 15 is 0 Å². The molecule has 6 nitrogen and oxygen atoms in total. The van der Waals surface area contributed by atoms with Crippen LogP contribution in [-0.2, 0) is 13.6 Å². The van der Waals surface area contributed by atoms with Crippen LogP contribution >= 0.6 is 0 Å². The largest absolute Gasteiger partial charge is 0.337 e. The Morgan fingerprint density at radius 3 is 2.77 bits per heavy atom. The predicted octanol–water partition coefficient (Wildman–Crippen LogP) is 2.29. The van der Waals surface area contributed by atoms with Crippen LogP contribution in [0.5, 0.6) is 0 Å². The number of aryl methyl sites for hydroxylation is 2. The van der Waals surface area contributed by atoms with Gasteiger partial charge in [0.05, 0.1) is 23.8 Å². The molecular weight excluding hydrogens is 276 g/mol. The van der Waals surface area contributed by atoms with Gasteiger partial charge in [-0.15, -0.1) is 0 Å². The van der Waals surface area contributed by atoms with Crippen LogP contribution in [0.15, 0.2) is 49.3 Å². The average Bonchev–Trinajstić information content (AvgIpc) is 3.20. The summed E-state index contributed by atoms with van der Waals surface area (Å²) in [7, 11) is 2.00. The molecule has 0 unspecified atom stereocenters. The first-order valence-electron chi connectivity index (χ1n) is 7.14. The van der Waals surface area contributed by atoms with E-state index in [1.807, 2.05) is 59.4 Å². The van der Waals surface area contributed by atoms with Gasteiger partial charge in [-0.05, 0) is 18.6 Å². The van der Waals surface area contributed by atoms with E-state index in [0.717, 1.165) is 22.7 Å². The van der Waals surface area contributed by atoms with Gasteiger partial charge in [-0.3, -0.25) is 0 Å². The summed E-state index contributed by atoms with van der Waals surface area (Å²) in [5, 5.41) is 4.43. The lowest BCUT2D eigenvalue weighted by atomic mass is 10.1. The molecule has 0 aliphatic heterocycles. The molecule has 0 saturated carbocycles. The number of nitrogens with zero attached hydrogens (tertiary/aromatic N) is 6. The average molecular weight is 292 g/mol. The molecule has 4 rings (SSSR count). The smallest absolute Gasteiger partial charge is 0.144 e. The topological polar surface area (TPSA) is 52.9 Å². The first-order chi connectivity index (χ1) is 10.7. The van der Waals surface area contributed by atoms with Gasteiger partial charge in [0.2, 0.25) is 0 Å². The van der Waals surface area contributed by atoms with Gasteiger partial charge in [0.25, 0.3) is 0 Å². The standard InChI is InChI=1S/C16H16N6/c1-12-4-3-7-22-15(12)13(10-19-22)16-18-6-9-21(16)11-14-17-5-8-20(14)2/h3-10H,11H2,1-2H3. The van der Waals surface area contributed by atoms with Gasteiger partial charge in [0.15, 0.2) is 0 Å². The van der Waals surface area contributed by atoms with E-state index in [9.17, 15) is 0 Å². The second-order valence-corrected chi connectivity index (χ2v) is 5.38. The van der Waals surface area contributed by atoms with E-state index in [-0.39, 0.29) is 0 Å². The highest BCUT2D eigenvalue weighted by molar-refractivity contribution is 5.78. The van der Waals surface area contributed by atoms with E-state index in [1.165, 1.54) is 5.56 Å². The predicted molar refractivity (Wildman–Crippen MR) is 83.5 cm³/mol. The Morgan fingerprint density at radius 1 is 1.09 bits per heavy atom. The molecule has 0 fully saturated rings. The third-order valence-corrected chi connectivity index (χ3v) is 3.93. The van der Waals surface area contributed by atoms with Gasteiger partial charge < -0.3 is 9.13 Å². The number of hydrogen-bond acceptors (Lipinski definition) is 3. The normalized spacial score (nSPS) is 11.4. The monoisotopic (exact) mass is 292 g/mol. The summed E-state index contributed by atoms with van der Waals surface area (Å²) in [5.41, 5.74) is 3.31. The fourth-order valence-corrected chi connectivity index (χ4v) is 2.76. The van der Waals surface area contributed by atoms with Crippen molar-refractivity contribution in [1.82, 2.24) is 28.7 Å². The van der Waals surface area contributed by atoms with Gasteiger partial charge in [0.1, 0.15) is 11.6 Å². The number of rotatable bonds is 3. The maximum Gasteiger partial charge on any atom is 0.144 e. The Morgan fingerprint density at radius 2 is 1.95 bits per heavy atom. The maximum absolute atomic E-state index is 4.53. The number of pyridine rings is 1. The third kappa shape index (κ3) is 1.92. The van der Waals surface area contributed by atoms with E-state index in [2.05, 4.69) is 32.6 Å². The second kappa shape index (κ2) is 4.84. The van der Waals surface area contributed by atoms with Crippen molar-refractivity contribution in [3.63, 3.8) is 0 Å². The van der Waals surface area contributed by atoms with Crippen LogP contribution < -0.4 is 0 Å². The molecule has 4 heterocycles. The lowest BCUT2D eigenvalue weighted by molar-refractivity contribution is 0.705. The van der Waals surface area contributed by atoms with E-state index in [1.54, 1.807) is 0 Å². The van der Waals surface area contributed by atoms with Crippen molar-refractivity contribution in [2.75, 3.05) is 0 Å². The molecule has 6 heteroatoms. The Balaban J connectivity index is 1.83. The van der Waals surface area contributed by atoms with Crippen LogP contribution in [0, 0.1) is 6.92 Å². The molecule has 0 atom stereocenters. The molecule has 0 bridgehead atoms. The Kier molecular flexibility index (Phi) is 2.82. The molecule has 0 amide bonds. The summed E-state index contributed by atoms with van der Waals surface area (Å²) in [4.78, 5) is 8.92. The van der Waals surface area contributed by atoms with E-state index < -0.39 is 0 Å². The van der Waals surface area contributed by atoms with Crippen LogP contribution in [0.25, 0.3) is 16.9 Å². The van der Waals surface area contributed by atoms with Crippen molar-refractivity contribution >= 4 is 5.52 Å². The molecule has 4 aromatic rings. The summed E-state index contributed by atoms with van der Waals surface area (Å²) < 4.78 is 6.02. The minimum Gasteiger partial charge on any atom is -0.337 e. The number of aromatic nitrogens is 6. The van der Waals surface area contributed by atoms with Crippen LogP contribution in [0.2, 0.25) is 0 Å². The fraction of sp³-hybridized carbons (Fsp3) is 0.188. The maximum atomic E-state index is 4.53. The minimum absolute atomic E-state index is 0.683. The van der Waals surface area contributed by atoms with Crippen molar-refractivity contribution in [1.29, 1.82) is 0 Å². The summed E-state index contributed by atoms with van der Waals surface area (Å²) >= 11 is 0. The van der Waals surface area contributed by atoms with E-state index in [4.69, 9.17) is 0 Å². The lowest BCUT2D eigenvalue weighted by Crippen LogP contribution is -2.06. The third-order valence-electron chi connectivity index (χ3n) is 3.93. The number of imidazole rings is 2. The van der Waals surface area contributed by atoms with Gasteiger partial charge >= 0.3 is 0 Å². The molecule has 0 saturated heterocycles. The first-order valence-corrected chi connectivity index (χ1v) is 7.14. The number of hydrogen-bond donors (Lipinski definition) is 0. The Hall–Kier alpha value is -2.89. The lowest BCUT2D eigenvalue weighted by Gasteiger charge is -2.08. The summed E-state index contributed by atoms with van der Waals surface area (Å²) in [6, 6.07) is 4.09. The zero-order valence-corrected chi connectivity index (χ0v) is 12.5. The zero-order chi connectivity index (χ0) is 15.1. The highest BCUT2D eigenvalue weighted by Gasteiger charge is 2.14. The van der Waals surface area contributed by atoms with Crippen molar-refractivity contribution in [2.24, 2.45) is 7.05 Å². The molecule has 22 heavy (non-hydrogen) atoms. The first kappa shape index (κ1) is 12.8. The molecule has 0 spiro atoms. The van der Waals surface area contributed by atoms with Gasteiger partial charge in [0, 0.05) is 38.0 Å². The molecule has 0 aromatic carbocycles. The molecule has 0 aliphatic carbocycles. The van der Waals surface area contributed by atoms with Gasteiger partial charge in [-0.25, -0.2) is 14.5 Å². The quantitative estimate of drug-likeness (QED) is 0.582. The van der Waals surface area contributed by atoms with Crippen LogP contribution in [0.4, 0.5) is 0 Å². The summed E-state index contributed by atoms with van der Waals surface area (Å²) in [5.74, 6) is 1.90. The minimum atomic E-state index is 0.683. The molecule has 0 N–H and O–H groups in total. The van der Waals surface area contributed by atoms with Crippen molar-refractivity contribution < 1.29 is 0 Å². The summed E-state index contributed by atoms with van der Waals surface area (Å²) in [6.07, 6.45) is 11.4. The zero-order valence-electron chi connectivity index (χ0n) is 12.5. The van der Waals surface area contributed by atoms with Crippen LogP contribution in [-0.4, -0.2) is 28.7 Å². The fourth-order valence-electron chi connectivity index (χ4n) is 2.76. The highest BCUT2D eigenvalue weighted by atomic mass is 15.2. The molecule has 0 aliphatic rings. The second-order valence-electron chi connectivity index (χ2n) is 5.38. The molecular formula is C16H16N6. The van der Waals surface area contributed by atoms with E-state index in [0.29, 0.717) is 6.54 Å². The molecule has 0 radical (unpaired) electrons. The SMILES string of the molecule is Cc1cccn2ncc(-c3nccn3Cc3nccn3C)c12. The summed E-state index contributed by atoms with van der Waals surface area (Å²) in [6.45, 7) is 2.77. The molecule has 110 valence electrons.